The maximum absolute atomic E-state index is 13.9. The van der Waals surface area contributed by atoms with Gasteiger partial charge in [-0.15, -0.1) is 0 Å². The zero-order valence-electron chi connectivity index (χ0n) is 14.4. The van der Waals surface area contributed by atoms with Crippen LogP contribution in [0.4, 0.5) is 31.9 Å². The van der Waals surface area contributed by atoms with Crippen molar-refractivity contribution in [2.24, 2.45) is 0 Å². The van der Waals surface area contributed by atoms with Crippen LogP contribution in [0.25, 0.3) is 0 Å². The van der Waals surface area contributed by atoms with E-state index in [1.165, 1.54) is 6.07 Å². The van der Waals surface area contributed by atoms with Crippen molar-refractivity contribution in [2.75, 3.05) is 34.4 Å². The summed E-state index contributed by atoms with van der Waals surface area (Å²) in [5.74, 6) is -0.677. The van der Waals surface area contributed by atoms with Gasteiger partial charge in [-0.1, -0.05) is 23.2 Å². The molecule has 0 aliphatic rings. The number of carboxylic acid groups (broad SMARTS) is 1. The molecule has 0 atom stereocenters. The standard InChI is InChI=1S/C17H17Cl2FN4O3S/c18-9-2-3-13(11(19)6-9)22-16(28)23-14-8-10(20)7-12(21)15(14)24(17(26)27)4-1-5-25/h2-3,6-8,25H,1,4-5,21H2,(H,26,27)(H2,22,23,28). The Morgan fingerprint density at radius 3 is 2.50 bits per heavy atom. The number of benzene rings is 2. The Hall–Kier alpha value is -2.33. The molecule has 0 fully saturated rings. The van der Waals surface area contributed by atoms with Gasteiger partial charge in [-0.05, 0) is 49.0 Å². The van der Waals surface area contributed by atoms with Crippen LogP contribution in [0, 0.1) is 5.82 Å². The molecule has 0 aliphatic carbocycles. The Kier molecular flexibility index (Phi) is 7.64. The van der Waals surface area contributed by atoms with E-state index >= 15 is 0 Å². The van der Waals surface area contributed by atoms with E-state index in [2.05, 4.69) is 10.6 Å². The summed E-state index contributed by atoms with van der Waals surface area (Å²) in [4.78, 5) is 12.5. The van der Waals surface area contributed by atoms with Gasteiger partial charge in [-0.2, -0.15) is 0 Å². The van der Waals surface area contributed by atoms with Gasteiger partial charge >= 0.3 is 6.09 Å². The first kappa shape index (κ1) is 22.0. The summed E-state index contributed by atoms with van der Waals surface area (Å²) < 4.78 is 13.9. The first-order chi connectivity index (χ1) is 13.2. The van der Waals surface area contributed by atoms with E-state index in [1.807, 2.05) is 0 Å². The summed E-state index contributed by atoms with van der Waals surface area (Å²) >= 11 is 17.1. The fourth-order valence-corrected chi connectivity index (χ4v) is 3.09. The van der Waals surface area contributed by atoms with Crippen molar-refractivity contribution in [3.8, 4) is 0 Å². The highest BCUT2D eigenvalue weighted by atomic mass is 35.5. The van der Waals surface area contributed by atoms with Crippen LogP contribution in [0.2, 0.25) is 10.0 Å². The quantitative estimate of drug-likeness (QED) is 0.330. The van der Waals surface area contributed by atoms with Crippen molar-refractivity contribution in [3.63, 3.8) is 0 Å². The molecule has 0 saturated carbocycles. The number of nitrogens with two attached hydrogens (primary N) is 1. The van der Waals surface area contributed by atoms with Crippen LogP contribution in [0.15, 0.2) is 30.3 Å². The number of hydrogen-bond donors (Lipinski definition) is 5. The smallest absolute Gasteiger partial charge is 0.411 e. The predicted molar refractivity (Wildman–Crippen MR) is 114 cm³/mol. The molecule has 0 unspecified atom stereocenters. The molecule has 0 heterocycles. The van der Waals surface area contributed by atoms with Crippen molar-refractivity contribution in [2.45, 2.75) is 6.42 Å². The molecule has 11 heteroatoms. The van der Waals surface area contributed by atoms with Gasteiger partial charge in [0.25, 0.3) is 0 Å². The number of hydrogen-bond acceptors (Lipinski definition) is 4. The minimum atomic E-state index is -1.31. The molecule has 2 rings (SSSR count). The molecule has 0 aliphatic heterocycles. The van der Waals surface area contributed by atoms with E-state index in [1.54, 1.807) is 12.1 Å². The molecule has 0 saturated heterocycles. The number of anilines is 4. The molecule has 28 heavy (non-hydrogen) atoms. The molecular formula is C17H17Cl2FN4O3S. The average Bonchev–Trinajstić information content (AvgIpc) is 2.59. The minimum absolute atomic E-state index is 0.0219. The van der Waals surface area contributed by atoms with Gasteiger partial charge in [0, 0.05) is 18.2 Å². The second-order valence-electron chi connectivity index (χ2n) is 5.61. The highest BCUT2D eigenvalue weighted by Crippen LogP contribution is 2.34. The summed E-state index contributed by atoms with van der Waals surface area (Å²) in [6.07, 6.45) is -1.14. The fourth-order valence-electron chi connectivity index (χ4n) is 2.42. The maximum Gasteiger partial charge on any atom is 0.411 e. The number of thiocarbonyl (C=S) groups is 1. The van der Waals surface area contributed by atoms with Crippen molar-refractivity contribution in [1.29, 1.82) is 0 Å². The minimum Gasteiger partial charge on any atom is -0.465 e. The van der Waals surface area contributed by atoms with Gasteiger partial charge < -0.3 is 26.6 Å². The van der Waals surface area contributed by atoms with E-state index in [9.17, 15) is 14.3 Å². The number of aliphatic hydroxyl groups excluding tert-OH is 1. The number of rotatable bonds is 6. The van der Waals surface area contributed by atoms with Gasteiger partial charge in [-0.25, -0.2) is 9.18 Å². The van der Waals surface area contributed by atoms with E-state index < -0.39 is 11.9 Å². The predicted octanol–water partition coefficient (Wildman–Crippen LogP) is 4.39. The van der Waals surface area contributed by atoms with Crippen LogP contribution in [0.1, 0.15) is 6.42 Å². The van der Waals surface area contributed by atoms with E-state index in [0.717, 1.165) is 17.0 Å². The zero-order valence-corrected chi connectivity index (χ0v) is 16.7. The second kappa shape index (κ2) is 9.74. The number of halogens is 3. The number of aliphatic hydroxyl groups is 1. The van der Waals surface area contributed by atoms with E-state index in [0.29, 0.717) is 15.7 Å². The SMILES string of the molecule is Nc1cc(F)cc(NC(=S)Nc2ccc(Cl)cc2Cl)c1N(CCCO)C(=O)O. The molecule has 2 aromatic rings. The lowest BCUT2D eigenvalue weighted by Crippen LogP contribution is -2.33. The van der Waals surface area contributed by atoms with Crippen molar-refractivity contribution in [3.05, 3.63) is 46.2 Å². The van der Waals surface area contributed by atoms with Crippen molar-refractivity contribution in [1.82, 2.24) is 0 Å². The van der Waals surface area contributed by atoms with Gasteiger partial charge in [0.2, 0.25) is 0 Å². The number of nitrogens with one attached hydrogen (secondary N) is 2. The first-order valence-corrected chi connectivity index (χ1v) is 9.12. The number of nitrogen functional groups attached to an aromatic ring is 1. The molecule has 150 valence electrons. The van der Waals surface area contributed by atoms with Crippen LogP contribution in [-0.2, 0) is 0 Å². The highest BCUT2D eigenvalue weighted by Gasteiger charge is 2.22. The van der Waals surface area contributed by atoms with Gasteiger partial charge in [-0.3, -0.25) is 4.90 Å². The Balaban J connectivity index is 2.33. The van der Waals surface area contributed by atoms with Crippen LogP contribution in [0.3, 0.4) is 0 Å². The molecule has 0 radical (unpaired) electrons. The molecule has 0 aromatic heterocycles. The average molecular weight is 447 g/mol. The lowest BCUT2D eigenvalue weighted by Gasteiger charge is -2.24. The molecule has 6 N–H and O–H groups in total. The summed E-state index contributed by atoms with van der Waals surface area (Å²) in [6.45, 7) is -0.262. The molecule has 1 amide bonds. The second-order valence-corrected chi connectivity index (χ2v) is 6.86. The van der Waals surface area contributed by atoms with Gasteiger partial charge in [0.05, 0.1) is 27.8 Å². The summed E-state index contributed by atoms with van der Waals surface area (Å²) in [5, 5.41) is 24.8. The lowest BCUT2D eigenvalue weighted by molar-refractivity contribution is 0.200. The lowest BCUT2D eigenvalue weighted by atomic mass is 10.2. The number of carbonyl (C=O) groups is 1. The third kappa shape index (κ3) is 5.59. The first-order valence-electron chi connectivity index (χ1n) is 7.96. The maximum atomic E-state index is 13.9. The molecule has 0 spiro atoms. The van der Waals surface area contributed by atoms with E-state index in [4.69, 9.17) is 46.3 Å². The Labute approximate surface area is 175 Å². The Bertz CT molecular complexity index is 901. The van der Waals surface area contributed by atoms with Crippen molar-refractivity contribution < 1.29 is 19.4 Å². The Morgan fingerprint density at radius 1 is 1.21 bits per heavy atom. The number of nitrogens with zero attached hydrogens (tertiary/aromatic N) is 1. The highest BCUT2D eigenvalue weighted by molar-refractivity contribution is 7.80. The summed E-state index contributed by atoms with van der Waals surface area (Å²) in [5.41, 5.74) is 6.27. The van der Waals surface area contributed by atoms with Crippen molar-refractivity contribution >= 4 is 69.4 Å². The third-order valence-electron chi connectivity index (χ3n) is 3.57. The number of amides is 1. The third-order valence-corrected chi connectivity index (χ3v) is 4.32. The normalized spacial score (nSPS) is 10.4. The van der Waals surface area contributed by atoms with Crippen LogP contribution < -0.4 is 21.3 Å². The largest absolute Gasteiger partial charge is 0.465 e. The van der Waals surface area contributed by atoms with E-state index in [-0.39, 0.29) is 41.7 Å². The monoisotopic (exact) mass is 446 g/mol. The van der Waals surface area contributed by atoms with Crippen LogP contribution >= 0.6 is 35.4 Å². The molecule has 7 nitrogen and oxygen atoms in total. The zero-order chi connectivity index (χ0) is 20.8. The topological polar surface area (TPSA) is 111 Å². The van der Waals surface area contributed by atoms with Crippen LogP contribution in [0.5, 0.6) is 0 Å². The summed E-state index contributed by atoms with van der Waals surface area (Å²) in [6, 6.07) is 6.79. The molecule has 0 bridgehead atoms. The van der Waals surface area contributed by atoms with Gasteiger partial charge in [0.1, 0.15) is 5.82 Å². The van der Waals surface area contributed by atoms with Gasteiger partial charge in [0.15, 0.2) is 5.11 Å². The van der Waals surface area contributed by atoms with Crippen LogP contribution in [-0.4, -0.2) is 34.6 Å². The summed E-state index contributed by atoms with van der Waals surface area (Å²) in [7, 11) is 0. The Morgan fingerprint density at radius 2 is 1.89 bits per heavy atom. The fraction of sp³-hybridized carbons (Fsp3) is 0.176. The molecule has 2 aromatic carbocycles. The molecular weight excluding hydrogens is 430 g/mol.